The van der Waals surface area contributed by atoms with E-state index in [9.17, 15) is 0 Å². The summed E-state index contributed by atoms with van der Waals surface area (Å²) in [6, 6.07) is 0. The predicted octanol–water partition coefficient (Wildman–Crippen LogP) is -0.318. The van der Waals surface area contributed by atoms with Gasteiger partial charge in [0.25, 0.3) is 0 Å². The lowest BCUT2D eigenvalue weighted by molar-refractivity contribution is 0.119. The van der Waals surface area contributed by atoms with Crippen LogP contribution in [0, 0.1) is 6.33 Å². The van der Waals surface area contributed by atoms with Crippen molar-refractivity contribution in [3.63, 3.8) is 0 Å². The van der Waals surface area contributed by atoms with Crippen LogP contribution in [-0.4, -0.2) is 21.9 Å². The summed E-state index contributed by atoms with van der Waals surface area (Å²) >= 11 is 0. The first kappa shape index (κ1) is 5.24. The fraction of sp³-hybridized carbons (Fsp3) is 0.500. The van der Waals surface area contributed by atoms with E-state index >= 15 is 0 Å². The molecule has 0 fully saturated rings. The van der Waals surface area contributed by atoms with Crippen LogP contribution in [0.1, 0.15) is 0 Å². The SMILES string of the molecule is COCn1[c]ncn1. The van der Waals surface area contributed by atoms with Crippen LogP contribution in [0.3, 0.4) is 0 Å². The highest BCUT2D eigenvalue weighted by Gasteiger charge is 1.84. The van der Waals surface area contributed by atoms with E-state index in [0.717, 1.165) is 0 Å². The van der Waals surface area contributed by atoms with Crippen LogP contribution in [0.15, 0.2) is 6.33 Å². The fourth-order valence-corrected chi connectivity index (χ4v) is 0.391. The molecule has 0 aliphatic heterocycles. The Kier molecular flexibility index (Phi) is 1.58. The molecule has 0 spiro atoms. The molecule has 1 rings (SSSR count). The molecule has 0 aliphatic rings. The Morgan fingerprint density at radius 3 is 3.25 bits per heavy atom. The normalized spacial score (nSPS) is 9.62. The van der Waals surface area contributed by atoms with Gasteiger partial charge in [-0.1, -0.05) is 0 Å². The number of hydrogen-bond donors (Lipinski definition) is 0. The van der Waals surface area contributed by atoms with Crippen molar-refractivity contribution in [1.29, 1.82) is 0 Å². The van der Waals surface area contributed by atoms with Crippen molar-refractivity contribution < 1.29 is 4.74 Å². The maximum Gasteiger partial charge on any atom is 0.198 e. The summed E-state index contributed by atoms with van der Waals surface area (Å²) < 4.78 is 6.19. The molecule has 4 nitrogen and oxygen atoms in total. The second-order valence-electron chi connectivity index (χ2n) is 1.28. The van der Waals surface area contributed by atoms with E-state index in [-0.39, 0.29) is 0 Å². The number of aromatic nitrogens is 3. The minimum absolute atomic E-state index is 0.417. The first-order valence-corrected chi connectivity index (χ1v) is 2.18. The molecule has 0 aromatic carbocycles. The average molecular weight is 112 g/mol. The van der Waals surface area contributed by atoms with Crippen molar-refractivity contribution in [3.8, 4) is 0 Å². The fourth-order valence-electron chi connectivity index (χ4n) is 0.391. The van der Waals surface area contributed by atoms with Gasteiger partial charge in [0.1, 0.15) is 13.1 Å². The van der Waals surface area contributed by atoms with Crippen molar-refractivity contribution >= 4 is 0 Å². The monoisotopic (exact) mass is 112 g/mol. The summed E-state index contributed by atoms with van der Waals surface area (Å²) in [7, 11) is 1.59. The number of hydrogen-bond acceptors (Lipinski definition) is 3. The molecule has 8 heavy (non-hydrogen) atoms. The van der Waals surface area contributed by atoms with Crippen LogP contribution in [0.5, 0.6) is 0 Å². The first-order chi connectivity index (χ1) is 3.93. The van der Waals surface area contributed by atoms with Crippen LogP contribution in [0.2, 0.25) is 0 Å². The van der Waals surface area contributed by atoms with Crippen LogP contribution >= 0.6 is 0 Å². The minimum atomic E-state index is 0.417. The maximum atomic E-state index is 4.72. The summed E-state index contributed by atoms with van der Waals surface area (Å²) in [6.45, 7) is 0.417. The van der Waals surface area contributed by atoms with Crippen molar-refractivity contribution in [3.05, 3.63) is 12.7 Å². The summed E-state index contributed by atoms with van der Waals surface area (Å²) in [6.07, 6.45) is 3.98. The van der Waals surface area contributed by atoms with E-state index in [2.05, 4.69) is 16.4 Å². The summed E-state index contributed by atoms with van der Waals surface area (Å²) in [5, 5.41) is 3.73. The number of ether oxygens (including phenoxy) is 1. The lowest BCUT2D eigenvalue weighted by Gasteiger charge is -1.92. The lowest BCUT2D eigenvalue weighted by Crippen LogP contribution is -1.99. The third-order valence-corrected chi connectivity index (χ3v) is 0.673. The molecular weight excluding hydrogens is 106 g/mol. The summed E-state index contributed by atoms with van der Waals surface area (Å²) in [5.74, 6) is 0. The molecule has 0 saturated carbocycles. The summed E-state index contributed by atoms with van der Waals surface area (Å²) in [5.41, 5.74) is 0. The lowest BCUT2D eigenvalue weighted by atomic mass is 11.1. The Hall–Kier alpha value is -0.900. The maximum absolute atomic E-state index is 4.72. The highest BCUT2D eigenvalue weighted by atomic mass is 16.5. The number of methoxy groups -OCH3 is 1. The van der Waals surface area contributed by atoms with E-state index in [1.165, 1.54) is 11.0 Å². The van der Waals surface area contributed by atoms with Crippen LogP contribution in [-0.2, 0) is 11.5 Å². The van der Waals surface area contributed by atoms with Crippen molar-refractivity contribution in [2.75, 3.05) is 7.11 Å². The molecule has 0 amide bonds. The van der Waals surface area contributed by atoms with Gasteiger partial charge in [0, 0.05) is 7.11 Å². The van der Waals surface area contributed by atoms with Crippen LogP contribution in [0.25, 0.3) is 0 Å². The van der Waals surface area contributed by atoms with Gasteiger partial charge in [0.05, 0.1) is 0 Å². The zero-order chi connectivity index (χ0) is 5.82. The van der Waals surface area contributed by atoms with Gasteiger partial charge in [0.2, 0.25) is 0 Å². The van der Waals surface area contributed by atoms with Gasteiger partial charge in [-0.15, -0.1) is 0 Å². The van der Waals surface area contributed by atoms with E-state index in [1.807, 2.05) is 0 Å². The van der Waals surface area contributed by atoms with Gasteiger partial charge in [0.15, 0.2) is 6.33 Å². The van der Waals surface area contributed by atoms with Crippen molar-refractivity contribution in [2.24, 2.45) is 0 Å². The molecule has 1 aromatic rings. The van der Waals surface area contributed by atoms with Gasteiger partial charge in [-0.3, -0.25) is 0 Å². The summed E-state index contributed by atoms with van der Waals surface area (Å²) in [4.78, 5) is 3.59. The van der Waals surface area contributed by atoms with E-state index in [4.69, 9.17) is 4.74 Å². The van der Waals surface area contributed by atoms with Crippen molar-refractivity contribution in [2.45, 2.75) is 6.73 Å². The van der Waals surface area contributed by atoms with Gasteiger partial charge >= 0.3 is 0 Å². The highest BCUT2D eigenvalue weighted by molar-refractivity contribution is 4.48. The smallest absolute Gasteiger partial charge is 0.198 e. The Morgan fingerprint density at radius 2 is 2.75 bits per heavy atom. The molecule has 0 atom stereocenters. The number of rotatable bonds is 2. The van der Waals surface area contributed by atoms with E-state index in [0.29, 0.717) is 6.73 Å². The molecule has 0 aliphatic carbocycles. The topological polar surface area (TPSA) is 39.9 Å². The van der Waals surface area contributed by atoms with E-state index < -0.39 is 0 Å². The molecule has 4 heteroatoms. The molecule has 1 radical (unpaired) electrons. The number of nitrogens with zero attached hydrogens (tertiary/aromatic N) is 3. The molecular formula is C4H6N3O. The van der Waals surface area contributed by atoms with E-state index in [1.54, 1.807) is 7.11 Å². The zero-order valence-electron chi connectivity index (χ0n) is 4.53. The van der Waals surface area contributed by atoms with Crippen LogP contribution < -0.4 is 0 Å². The second kappa shape index (κ2) is 2.42. The molecule has 0 N–H and O–H groups in total. The largest absolute Gasteiger partial charge is 0.362 e. The molecule has 43 valence electrons. The van der Waals surface area contributed by atoms with Gasteiger partial charge < -0.3 is 4.74 Å². The van der Waals surface area contributed by atoms with Crippen LogP contribution in [0.4, 0.5) is 0 Å². The Labute approximate surface area is 47.1 Å². The Bertz CT molecular complexity index is 137. The molecule has 0 unspecified atom stereocenters. The third kappa shape index (κ3) is 1.04. The zero-order valence-corrected chi connectivity index (χ0v) is 4.53. The van der Waals surface area contributed by atoms with Gasteiger partial charge in [-0.2, -0.15) is 5.10 Å². The molecule has 0 bridgehead atoms. The highest BCUT2D eigenvalue weighted by Crippen LogP contribution is 1.76. The first-order valence-electron chi connectivity index (χ1n) is 2.18. The molecule has 1 aromatic heterocycles. The molecule has 1 heterocycles. The Balaban J connectivity index is 2.50. The van der Waals surface area contributed by atoms with Gasteiger partial charge in [-0.05, 0) is 0 Å². The van der Waals surface area contributed by atoms with Gasteiger partial charge in [-0.25, -0.2) is 9.67 Å². The Morgan fingerprint density at radius 1 is 1.88 bits per heavy atom. The average Bonchev–Trinajstić information content (AvgIpc) is 2.19. The quantitative estimate of drug-likeness (QED) is 0.526. The van der Waals surface area contributed by atoms with Crippen molar-refractivity contribution in [1.82, 2.24) is 14.8 Å². The third-order valence-electron chi connectivity index (χ3n) is 0.673. The second-order valence-corrected chi connectivity index (χ2v) is 1.28. The minimum Gasteiger partial charge on any atom is -0.362 e. The standard InChI is InChI=1S/C4H6N3O/c1-8-4-7-3-5-2-6-7/h2H,4H2,1H3. The predicted molar refractivity (Wildman–Crippen MR) is 25.9 cm³/mol. The molecule has 0 saturated heterocycles.